The van der Waals surface area contributed by atoms with Gasteiger partial charge >= 0.3 is 0 Å². The van der Waals surface area contributed by atoms with Gasteiger partial charge in [0.05, 0.1) is 0 Å². The molecule has 0 spiro atoms. The van der Waals surface area contributed by atoms with E-state index in [2.05, 4.69) is 20.2 Å². The number of piperidine rings is 1. The van der Waals surface area contributed by atoms with Crippen molar-refractivity contribution in [2.45, 2.75) is 25.4 Å². The summed E-state index contributed by atoms with van der Waals surface area (Å²) < 4.78 is 1.60. The highest BCUT2D eigenvalue weighted by atomic mass is 16.1. The molecule has 1 aliphatic heterocycles. The zero-order valence-electron chi connectivity index (χ0n) is 15.1. The lowest BCUT2D eigenvalue weighted by atomic mass is 10.0. The molecule has 2 aromatic heterocycles. The smallest absolute Gasteiger partial charge is 0.250 e. The lowest BCUT2D eigenvalue weighted by Gasteiger charge is -2.32. The van der Waals surface area contributed by atoms with Crippen LogP contribution in [0.15, 0.2) is 35.5 Å². The van der Waals surface area contributed by atoms with Crippen LogP contribution < -0.4 is 15.8 Å². The van der Waals surface area contributed by atoms with Crippen LogP contribution in [0.3, 0.4) is 0 Å². The van der Waals surface area contributed by atoms with Gasteiger partial charge in [0.1, 0.15) is 18.0 Å². The fraction of sp³-hybridized carbons (Fsp3) is 0.500. The van der Waals surface area contributed by atoms with E-state index in [0.717, 1.165) is 49.7 Å². The normalized spacial score (nSPS) is 16.0. The molecule has 0 unspecified atom stereocenters. The van der Waals surface area contributed by atoms with Crippen LogP contribution in [-0.2, 0) is 13.6 Å². The van der Waals surface area contributed by atoms with Crippen LogP contribution in [0.2, 0.25) is 0 Å². The second kappa shape index (κ2) is 7.65. The molecule has 0 amide bonds. The Hall–Kier alpha value is -2.41. The van der Waals surface area contributed by atoms with Crippen LogP contribution in [0, 0.1) is 0 Å². The predicted molar refractivity (Wildman–Crippen MR) is 100.0 cm³/mol. The van der Waals surface area contributed by atoms with Gasteiger partial charge in [-0.3, -0.25) is 9.69 Å². The summed E-state index contributed by atoms with van der Waals surface area (Å²) in [5.74, 6) is 1.78. The van der Waals surface area contributed by atoms with Gasteiger partial charge in [-0.2, -0.15) is 0 Å². The van der Waals surface area contributed by atoms with Gasteiger partial charge in [-0.1, -0.05) is 0 Å². The summed E-state index contributed by atoms with van der Waals surface area (Å²) >= 11 is 0. The first-order valence-corrected chi connectivity index (χ1v) is 8.65. The number of anilines is 2. The van der Waals surface area contributed by atoms with Gasteiger partial charge in [-0.25, -0.2) is 9.97 Å². The van der Waals surface area contributed by atoms with Crippen LogP contribution in [0.4, 0.5) is 11.6 Å². The van der Waals surface area contributed by atoms with E-state index in [1.54, 1.807) is 24.0 Å². The monoisotopic (exact) mass is 342 g/mol. The summed E-state index contributed by atoms with van der Waals surface area (Å²) in [6.45, 7) is 2.86. The number of likely N-dealkylation sites (tertiary alicyclic amines) is 1. The van der Waals surface area contributed by atoms with Crippen LogP contribution in [-0.4, -0.2) is 52.7 Å². The van der Waals surface area contributed by atoms with Crippen molar-refractivity contribution in [3.05, 3.63) is 46.6 Å². The first-order chi connectivity index (χ1) is 12.0. The Morgan fingerprint density at radius 1 is 1.24 bits per heavy atom. The molecule has 0 saturated carbocycles. The minimum atomic E-state index is 0.0505. The highest BCUT2D eigenvalue weighted by molar-refractivity contribution is 5.47. The Bertz CT molecular complexity index is 764. The van der Waals surface area contributed by atoms with Crippen molar-refractivity contribution in [3.8, 4) is 0 Å². The van der Waals surface area contributed by atoms with Gasteiger partial charge < -0.3 is 14.8 Å². The molecule has 0 radical (unpaired) electrons. The average molecular weight is 342 g/mol. The Labute approximate surface area is 148 Å². The number of hydrogen-bond acceptors (Lipinski definition) is 6. The maximum Gasteiger partial charge on any atom is 0.250 e. The van der Waals surface area contributed by atoms with E-state index in [1.165, 1.54) is 0 Å². The van der Waals surface area contributed by atoms with E-state index < -0.39 is 0 Å². The Kier molecular flexibility index (Phi) is 5.33. The van der Waals surface area contributed by atoms with Gasteiger partial charge in [0.2, 0.25) is 0 Å². The number of rotatable bonds is 5. The molecule has 0 bridgehead atoms. The third kappa shape index (κ3) is 4.57. The van der Waals surface area contributed by atoms with Crippen LogP contribution in [0.5, 0.6) is 0 Å². The first kappa shape index (κ1) is 17.4. The number of aryl methyl sites for hydroxylation is 1. The quantitative estimate of drug-likeness (QED) is 0.884. The Morgan fingerprint density at radius 3 is 2.68 bits per heavy atom. The molecule has 2 aromatic rings. The average Bonchev–Trinajstić information content (AvgIpc) is 2.60. The second-order valence-electron chi connectivity index (χ2n) is 6.83. The van der Waals surface area contributed by atoms with Crippen LogP contribution >= 0.6 is 0 Å². The molecule has 0 aliphatic carbocycles. The van der Waals surface area contributed by atoms with Crippen molar-refractivity contribution in [3.63, 3.8) is 0 Å². The lowest BCUT2D eigenvalue weighted by Crippen LogP contribution is -2.39. The number of pyridine rings is 1. The van der Waals surface area contributed by atoms with Gasteiger partial charge in [0.25, 0.3) is 5.56 Å². The van der Waals surface area contributed by atoms with Crippen LogP contribution in [0.25, 0.3) is 0 Å². The summed E-state index contributed by atoms with van der Waals surface area (Å²) in [7, 11) is 5.72. The third-order valence-corrected chi connectivity index (χ3v) is 4.63. The highest BCUT2D eigenvalue weighted by Crippen LogP contribution is 2.18. The van der Waals surface area contributed by atoms with Gasteiger partial charge in [-0.05, 0) is 24.5 Å². The summed E-state index contributed by atoms with van der Waals surface area (Å²) in [5.41, 5.74) is 1.13. The zero-order chi connectivity index (χ0) is 17.8. The minimum absolute atomic E-state index is 0.0505. The van der Waals surface area contributed by atoms with Crippen molar-refractivity contribution in [2.75, 3.05) is 37.4 Å². The molecule has 1 N–H and O–H groups in total. The molecule has 7 heteroatoms. The molecule has 0 atom stereocenters. The molecule has 7 nitrogen and oxygen atoms in total. The SMILES string of the molecule is CN(C)c1cc(NC2CCN(Cc3ccn(C)c(=O)c3)CC2)ncn1. The Balaban J connectivity index is 1.52. The van der Waals surface area contributed by atoms with E-state index in [-0.39, 0.29) is 5.56 Å². The standard InChI is InChI=1S/C18H26N6O/c1-22(2)17-11-16(19-13-20-17)21-15-5-8-24(9-6-15)12-14-4-7-23(3)18(25)10-14/h4,7,10-11,13,15H,5-6,8-9,12H2,1-3H3,(H,19,20,21). The third-order valence-electron chi connectivity index (χ3n) is 4.63. The lowest BCUT2D eigenvalue weighted by molar-refractivity contribution is 0.211. The van der Waals surface area contributed by atoms with Gasteiger partial charge in [0, 0.05) is 65.1 Å². The van der Waals surface area contributed by atoms with Crippen molar-refractivity contribution in [2.24, 2.45) is 7.05 Å². The van der Waals surface area contributed by atoms with Crippen molar-refractivity contribution in [1.82, 2.24) is 19.4 Å². The van der Waals surface area contributed by atoms with Crippen LogP contribution in [0.1, 0.15) is 18.4 Å². The largest absolute Gasteiger partial charge is 0.367 e. The molecule has 3 heterocycles. The van der Waals surface area contributed by atoms with E-state index >= 15 is 0 Å². The molecule has 1 saturated heterocycles. The van der Waals surface area contributed by atoms with Crippen molar-refractivity contribution >= 4 is 11.6 Å². The van der Waals surface area contributed by atoms with Gasteiger partial charge in [-0.15, -0.1) is 0 Å². The topological polar surface area (TPSA) is 66.3 Å². The van der Waals surface area contributed by atoms with E-state index in [0.29, 0.717) is 6.04 Å². The summed E-state index contributed by atoms with van der Waals surface area (Å²) in [4.78, 5) is 24.7. The number of nitrogens with zero attached hydrogens (tertiary/aromatic N) is 5. The molecule has 25 heavy (non-hydrogen) atoms. The molecule has 134 valence electrons. The van der Waals surface area contributed by atoms with E-state index in [9.17, 15) is 4.79 Å². The molecular weight excluding hydrogens is 316 g/mol. The fourth-order valence-electron chi connectivity index (χ4n) is 3.06. The number of aromatic nitrogens is 3. The molecular formula is C18H26N6O. The molecule has 1 aliphatic rings. The minimum Gasteiger partial charge on any atom is -0.367 e. The predicted octanol–water partition coefficient (Wildman–Crippen LogP) is 1.32. The van der Waals surface area contributed by atoms with Gasteiger partial charge in [0.15, 0.2) is 0 Å². The fourth-order valence-corrected chi connectivity index (χ4v) is 3.06. The summed E-state index contributed by atoms with van der Waals surface area (Å²) in [6.07, 6.45) is 5.56. The summed E-state index contributed by atoms with van der Waals surface area (Å²) in [6, 6.07) is 6.15. The molecule has 1 fully saturated rings. The maximum absolute atomic E-state index is 11.7. The van der Waals surface area contributed by atoms with E-state index in [1.807, 2.05) is 37.3 Å². The zero-order valence-corrected chi connectivity index (χ0v) is 15.1. The number of hydrogen-bond donors (Lipinski definition) is 1. The highest BCUT2D eigenvalue weighted by Gasteiger charge is 2.19. The summed E-state index contributed by atoms with van der Waals surface area (Å²) in [5, 5.41) is 3.52. The van der Waals surface area contributed by atoms with E-state index in [4.69, 9.17) is 0 Å². The Morgan fingerprint density at radius 2 is 2.00 bits per heavy atom. The van der Waals surface area contributed by atoms with Crippen molar-refractivity contribution in [1.29, 1.82) is 0 Å². The molecule has 0 aromatic carbocycles. The molecule has 3 rings (SSSR count). The first-order valence-electron chi connectivity index (χ1n) is 8.65. The number of nitrogens with one attached hydrogen (secondary N) is 1. The maximum atomic E-state index is 11.7. The second-order valence-corrected chi connectivity index (χ2v) is 6.83. The van der Waals surface area contributed by atoms with Crippen molar-refractivity contribution < 1.29 is 0 Å².